The van der Waals surface area contributed by atoms with Crippen molar-refractivity contribution in [3.8, 4) is 0 Å². The molecule has 2 aromatic heterocycles. The molecule has 0 atom stereocenters. The highest BCUT2D eigenvalue weighted by Crippen LogP contribution is 2.35. The van der Waals surface area contributed by atoms with E-state index in [9.17, 15) is 4.79 Å². The molecule has 0 aliphatic heterocycles. The molecule has 0 aliphatic rings. The first-order valence-corrected chi connectivity index (χ1v) is 6.11. The van der Waals surface area contributed by atoms with Crippen LogP contribution in [0.2, 0.25) is 0 Å². The lowest BCUT2D eigenvalue weighted by molar-refractivity contribution is 0.0833. The Kier molecular flexibility index (Phi) is 2.79. The molecule has 0 aromatic carbocycles. The number of rotatable bonds is 1. The maximum atomic E-state index is 12.0. The molecule has 1 amide bonds. The topological polar surface area (TPSA) is 59.2 Å². The molecule has 0 aliphatic carbocycles. The second-order valence-corrected chi connectivity index (χ2v) is 5.32. The van der Waals surface area contributed by atoms with Gasteiger partial charge in [0.05, 0.1) is 5.69 Å². The van der Waals surface area contributed by atoms with E-state index >= 15 is 0 Å². The fourth-order valence-electron chi connectivity index (χ4n) is 1.84. The molecule has 90 valence electrons. The van der Waals surface area contributed by atoms with Crippen molar-refractivity contribution in [3.05, 3.63) is 22.3 Å². The Bertz CT molecular complexity index is 601. The van der Waals surface area contributed by atoms with Gasteiger partial charge < -0.3 is 10.6 Å². The Morgan fingerprint density at radius 3 is 2.65 bits per heavy atom. The van der Waals surface area contributed by atoms with Crippen LogP contribution in [-0.4, -0.2) is 29.9 Å². The maximum Gasteiger partial charge on any atom is 0.265 e. The lowest BCUT2D eigenvalue weighted by Crippen LogP contribution is -2.21. The second kappa shape index (κ2) is 4.00. The number of aryl methyl sites for hydroxylation is 2. The van der Waals surface area contributed by atoms with Gasteiger partial charge in [-0.3, -0.25) is 9.78 Å². The Labute approximate surface area is 104 Å². The summed E-state index contributed by atoms with van der Waals surface area (Å²) in [4.78, 5) is 18.5. The summed E-state index contributed by atoms with van der Waals surface area (Å²) in [5, 5.41) is 0.908. The van der Waals surface area contributed by atoms with Crippen molar-refractivity contribution in [2.75, 3.05) is 19.8 Å². The van der Waals surface area contributed by atoms with Crippen LogP contribution in [0.1, 0.15) is 21.1 Å². The number of hydrogen-bond donors (Lipinski definition) is 1. The molecular formula is C12H15N3OS. The average molecular weight is 249 g/mol. The Morgan fingerprint density at radius 2 is 2.06 bits per heavy atom. The quantitative estimate of drug-likeness (QED) is 0.842. The molecule has 5 heteroatoms. The van der Waals surface area contributed by atoms with Gasteiger partial charge in [-0.05, 0) is 19.9 Å². The van der Waals surface area contributed by atoms with E-state index in [2.05, 4.69) is 4.98 Å². The van der Waals surface area contributed by atoms with Crippen LogP contribution in [-0.2, 0) is 0 Å². The van der Waals surface area contributed by atoms with E-state index in [0.29, 0.717) is 10.6 Å². The zero-order valence-corrected chi connectivity index (χ0v) is 11.2. The molecule has 4 nitrogen and oxygen atoms in total. The van der Waals surface area contributed by atoms with Crippen LogP contribution in [0, 0.1) is 13.8 Å². The number of nitrogens with zero attached hydrogens (tertiary/aromatic N) is 2. The summed E-state index contributed by atoms with van der Waals surface area (Å²) in [6.45, 7) is 3.86. The molecule has 2 N–H and O–H groups in total. The van der Waals surface area contributed by atoms with Gasteiger partial charge in [-0.15, -0.1) is 11.3 Å². The van der Waals surface area contributed by atoms with Crippen LogP contribution in [0.5, 0.6) is 0 Å². The third kappa shape index (κ3) is 1.86. The van der Waals surface area contributed by atoms with Gasteiger partial charge >= 0.3 is 0 Å². The van der Waals surface area contributed by atoms with Crippen molar-refractivity contribution in [2.45, 2.75) is 13.8 Å². The van der Waals surface area contributed by atoms with Crippen LogP contribution in [0.15, 0.2) is 6.07 Å². The number of thiophene rings is 1. The van der Waals surface area contributed by atoms with Crippen molar-refractivity contribution in [1.82, 2.24) is 9.88 Å². The predicted molar refractivity (Wildman–Crippen MR) is 71.5 cm³/mol. The molecule has 0 saturated carbocycles. The van der Waals surface area contributed by atoms with Gasteiger partial charge in [-0.2, -0.15) is 0 Å². The first-order chi connectivity index (χ1) is 7.91. The monoisotopic (exact) mass is 249 g/mol. The van der Waals surface area contributed by atoms with E-state index < -0.39 is 0 Å². The van der Waals surface area contributed by atoms with Crippen LogP contribution in [0.3, 0.4) is 0 Å². The number of amides is 1. The predicted octanol–water partition coefficient (Wildman–Crippen LogP) is 2.20. The first kappa shape index (κ1) is 11.9. The number of anilines is 1. The van der Waals surface area contributed by atoms with E-state index in [-0.39, 0.29) is 5.91 Å². The molecule has 2 heterocycles. The van der Waals surface area contributed by atoms with Crippen LogP contribution >= 0.6 is 11.3 Å². The minimum Gasteiger partial charge on any atom is -0.397 e. The Balaban J connectivity index is 2.73. The standard InChI is InChI=1S/C12H15N3OS/c1-6-5-8-9(7(2)14-6)10(13)11(17-8)12(16)15(3)4/h5H,13H2,1-4H3. The smallest absolute Gasteiger partial charge is 0.265 e. The zero-order valence-electron chi connectivity index (χ0n) is 10.4. The van der Waals surface area contributed by atoms with Gasteiger partial charge in [-0.1, -0.05) is 0 Å². The molecule has 2 aromatic rings. The fraction of sp³-hybridized carbons (Fsp3) is 0.333. The number of fused-ring (bicyclic) bond motifs is 1. The van der Waals surface area contributed by atoms with E-state index in [1.54, 1.807) is 14.1 Å². The number of hydrogen-bond acceptors (Lipinski definition) is 4. The molecule has 0 unspecified atom stereocenters. The summed E-state index contributed by atoms with van der Waals surface area (Å²) < 4.78 is 1.03. The van der Waals surface area contributed by atoms with Crippen molar-refractivity contribution in [1.29, 1.82) is 0 Å². The summed E-state index contributed by atoms with van der Waals surface area (Å²) in [6, 6.07) is 1.97. The summed E-state index contributed by atoms with van der Waals surface area (Å²) in [7, 11) is 3.45. The summed E-state index contributed by atoms with van der Waals surface area (Å²) in [6.07, 6.45) is 0. The number of carbonyl (C=O) groups is 1. The molecule has 0 spiro atoms. The number of carbonyl (C=O) groups excluding carboxylic acids is 1. The van der Waals surface area contributed by atoms with Crippen LogP contribution in [0.25, 0.3) is 10.1 Å². The number of pyridine rings is 1. The van der Waals surface area contributed by atoms with Gasteiger partial charge in [0.1, 0.15) is 4.88 Å². The largest absolute Gasteiger partial charge is 0.397 e. The third-order valence-corrected chi connectivity index (χ3v) is 3.76. The Hall–Kier alpha value is -1.62. The molecule has 0 bridgehead atoms. The molecule has 2 rings (SSSR count). The average Bonchev–Trinajstić information content (AvgIpc) is 2.54. The Morgan fingerprint density at radius 1 is 1.41 bits per heavy atom. The third-order valence-electron chi connectivity index (χ3n) is 2.62. The summed E-state index contributed by atoms with van der Waals surface area (Å²) in [5.41, 5.74) is 8.43. The highest BCUT2D eigenvalue weighted by Gasteiger charge is 2.19. The van der Waals surface area contributed by atoms with Crippen LogP contribution < -0.4 is 5.73 Å². The van der Waals surface area contributed by atoms with Gasteiger partial charge in [0.15, 0.2) is 0 Å². The maximum absolute atomic E-state index is 12.0. The van der Waals surface area contributed by atoms with Crippen molar-refractivity contribution < 1.29 is 4.79 Å². The van der Waals surface area contributed by atoms with Crippen molar-refractivity contribution in [3.63, 3.8) is 0 Å². The molecule has 17 heavy (non-hydrogen) atoms. The lowest BCUT2D eigenvalue weighted by Gasteiger charge is -2.08. The van der Waals surface area contributed by atoms with Gasteiger partial charge in [0.25, 0.3) is 5.91 Å². The summed E-state index contributed by atoms with van der Waals surface area (Å²) >= 11 is 1.43. The van der Waals surface area contributed by atoms with Gasteiger partial charge in [0.2, 0.25) is 0 Å². The van der Waals surface area contributed by atoms with Gasteiger partial charge in [-0.25, -0.2) is 0 Å². The fourth-order valence-corrected chi connectivity index (χ4v) is 3.13. The van der Waals surface area contributed by atoms with Crippen molar-refractivity contribution in [2.24, 2.45) is 0 Å². The summed E-state index contributed by atoms with van der Waals surface area (Å²) in [5.74, 6) is -0.0549. The number of nitrogen functional groups attached to an aromatic ring is 1. The van der Waals surface area contributed by atoms with E-state index in [1.165, 1.54) is 16.2 Å². The van der Waals surface area contributed by atoms with E-state index in [4.69, 9.17) is 5.73 Å². The SMILES string of the molecule is Cc1cc2sc(C(=O)N(C)C)c(N)c2c(C)n1. The minimum atomic E-state index is -0.0549. The van der Waals surface area contributed by atoms with Crippen LogP contribution in [0.4, 0.5) is 5.69 Å². The van der Waals surface area contributed by atoms with E-state index in [0.717, 1.165) is 21.5 Å². The van der Waals surface area contributed by atoms with Crippen molar-refractivity contribution >= 4 is 33.0 Å². The first-order valence-electron chi connectivity index (χ1n) is 5.29. The highest BCUT2D eigenvalue weighted by molar-refractivity contribution is 7.21. The molecular weight excluding hydrogens is 234 g/mol. The number of aromatic nitrogens is 1. The molecule has 0 radical (unpaired) electrons. The molecule has 0 fully saturated rings. The van der Waals surface area contributed by atoms with Gasteiger partial charge in [0, 0.05) is 35.6 Å². The number of nitrogens with two attached hydrogens (primary N) is 1. The highest BCUT2D eigenvalue weighted by atomic mass is 32.1. The molecule has 0 saturated heterocycles. The zero-order chi connectivity index (χ0) is 12.7. The lowest BCUT2D eigenvalue weighted by atomic mass is 10.2. The normalized spacial score (nSPS) is 10.8. The second-order valence-electron chi connectivity index (χ2n) is 4.27. The van der Waals surface area contributed by atoms with E-state index in [1.807, 2.05) is 19.9 Å². The minimum absolute atomic E-state index is 0.0549.